The summed E-state index contributed by atoms with van der Waals surface area (Å²) < 4.78 is 0. The maximum absolute atomic E-state index is 8.68. The van der Waals surface area contributed by atoms with Crippen LogP contribution in [0.1, 0.15) is 52.9 Å². The van der Waals surface area contributed by atoms with E-state index < -0.39 is 0 Å². The Morgan fingerprint density at radius 2 is 1.73 bits per heavy atom. The Balaban J connectivity index is 0.000000337. The molecule has 86 valence electrons. The molecule has 1 spiro atoms. The first kappa shape index (κ1) is 12.4. The van der Waals surface area contributed by atoms with E-state index in [-0.39, 0.29) is 0 Å². The van der Waals surface area contributed by atoms with Crippen molar-refractivity contribution in [1.82, 2.24) is 4.90 Å². The Hall–Kier alpha value is -0.710. The van der Waals surface area contributed by atoms with Gasteiger partial charge in [0.15, 0.2) is 6.19 Å². The van der Waals surface area contributed by atoms with Crippen molar-refractivity contribution in [3.05, 3.63) is 0 Å². The zero-order valence-electron chi connectivity index (χ0n) is 10.4. The van der Waals surface area contributed by atoms with Crippen LogP contribution in [0, 0.1) is 22.8 Å². The zero-order valence-corrected chi connectivity index (χ0v) is 10.4. The number of nitriles is 1. The molecule has 2 heteroatoms. The normalized spacial score (nSPS) is 23.7. The molecule has 15 heavy (non-hydrogen) atoms. The molecule has 2 rings (SSSR count). The molecule has 1 aliphatic carbocycles. The molecule has 0 N–H and O–H groups in total. The van der Waals surface area contributed by atoms with Gasteiger partial charge in [-0.2, -0.15) is 5.26 Å². The molecule has 0 bridgehead atoms. The average Bonchev–Trinajstić information content (AvgIpc) is 2.18. The Kier molecular flexibility index (Phi) is 4.45. The Bertz CT molecular complexity index is 213. The van der Waals surface area contributed by atoms with E-state index in [1.54, 1.807) is 0 Å². The summed E-state index contributed by atoms with van der Waals surface area (Å²) in [6.07, 6.45) is 8.81. The lowest BCUT2D eigenvalue weighted by atomic mass is 9.58. The van der Waals surface area contributed by atoms with Gasteiger partial charge < -0.3 is 4.90 Å². The molecule has 0 radical (unpaired) electrons. The van der Waals surface area contributed by atoms with Gasteiger partial charge in [0.1, 0.15) is 0 Å². The number of hydrogen-bond donors (Lipinski definition) is 0. The largest absolute Gasteiger partial charge is 0.311 e. The van der Waals surface area contributed by atoms with Gasteiger partial charge in [0.25, 0.3) is 0 Å². The van der Waals surface area contributed by atoms with Crippen LogP contribution in [0.2, 0.25) is 0 Å². The van der Waals surface area contributed by atoms with Crippen LogP contribution in [0.25, 0.3) is 0 Å². The molecule has 1 saturated heterocycles. The highest BCUT2D eigenvalue weighted by atomic mass is 15.1. The van der Waals surface area contributed by atoms with E-state index in [4.69, 9.17) is 5.26 Å². The third-order valence-corrected chi connectivity index (χ3v) is 3.53. The fourth-order valence-corrected chi connectivity index (χ4v) is 2.91. The van der Waals surface area contributed by atoms with Gasteiger partial charge in [-0.3, -0.25) is 0 Å². The van der Waals surface area contributed by atoms with Crippen molar-refractivity contribution in [1.29, 1.82) is 5.26 Å². The fourth-order valence-electron chi connectivity index (χ4n) is 2.91. The van der Waals surface area contributed by atoms with Crippen molar-refractivity contribution in [3.63, 3.8) is 0 Å². The molecule has 0 aromatic rings. The molecule has 1 aliphatic heterocycles. The van der Waals surface area contributed by atoms with Crippen molar-refractivity contribution in [2.45, 2.75) is 52.9 Å². The van der Waals surface area contributed by atoms with E-state index in [2.05, 4.69) is 27.0 Å². The topological polar surface area (TPSA) is 27.0 Å². The van der Waals surface area contributed by atoms with Crippen LogP contribution in [0.4, 0.5) is 0 Å². The van der Waals surface area contributed by atoms with Crippen LogP contribution >= 0.6 is 0 Å². The monoisotopic (exact) mass is 208 g/mol. The van der Waals surface area contributed by atoms with Gasteiger partial charge in [-0.15, -0.1) is 0 Å². The van der Waals surface area contributed by atoms with Gasteiger partial charge in [0.2, 0.25) is 0 Å². The molecule has 0 aromatic carbocycles. The van der Waals surface area contributed by atoms with Gasteiger partial charge >= 0.3 is 0 Å². The number of likely N-dealkylation sites (tertiary alicyclic amines) is 1. The number of piperidine rings is 1. The lowest BCUT2D eigenvalue weighted by molar-refractivity contribution is 0.00778. The molecule has 0 aromatic heterocycles. The summed E-state index contributed by atoms with van der Waals surface area (Å²) in [6, 6.07) is 0. The second-order valence-corrected chi connectivity index (χ2v) is 5.31. The van der Waals surface area contributed by atoms with Gasteiger partial charge in [-0.1, -0.05) is 27.2 Å². The summed E-state index contributed by atoms with van der Waals surface area (Å²) in [6.45, 7) is 8.59. The molecule has 0 unspecified atom stereocenters. The number of rotatable bonds is 0. The standard InChI is InChI=1S/C10H16N2.C3H8/c1-9-6-10(7-9)2-4-12(8-11)5-3-10;1-3-2/h9H,2-7H2,1H3;3H2,1-2H3. The predicted octanol–water partition coefficient (Wildman–Crippen LogP) is 3.40. The Morgan fingerprint density at radius 3 is 2.07 bits per heavy atom. The summed E-state index contributed by atoms with van der Waals surface area (Å²) in [5, 5.41) is 8.68. The lowest BCUT2D eigenvalue weighted by Gasteiger charge is -2.50. The molecule has 2 nitrogen and oxygen atoms in total. The number of nitrogens with zero attached hydrogens (tertiary/aromatic N) is 2. The van der Waals surface area contributed by atoms with Gasteiger partial charge in [0, 0.05) is 13.1 Å². The molecule has 1 saturated carbocycles. The van der Waals surface area contributed by atoms with Gasteiger partial charge in [-0.25, -0.2) is 0 Å². The summed E-state index contributed by atoms with van der Waals surface area (Å²) in [5.41, 5.74) is 0.659. The molecule has 0 amide bonds. The molecule has 2 fully saturated rings. The minimum absolute atomic E-state index is 0.659. The quantitative estimate of drug-likeness (QED) is 0.570. The van der Waals surface area contributed by atoms with Crippen LogP contribution in [0.3, 0.4) is 0 Å². The van der Waals surface area contributed by atoms with Crippen molar-refractivity contribution < 1.29 is 0 Å². The molecule has 0 atom stereocenters. The summed E-state index contributed by atoms with van der Waals surface area (Å²) in [5.74, 6) is 0.943. The third kappa shape index (κ3) is 3.12. The smallest absolute Gasteiger partial charge is 0.179 e. The SMILES string of the molecule is CC1CC2(CCN(C#N)CC2)C1.CCC. The molecule has 2 aliphatic rings. The fraction of sp³-hybridized carbons (Fsp3) is 0.923. The van der Waals surface area contributed by atoms with Gasteiger partial charge in [-0.05, 0) is 37.0 Å². The van der Waals surface area contributed by atoms with Crippen molar-refractivity contribution in [2.24, 2.45) is 11.3 Å². The van der Waals surface area contributed by atoms with E-state index in [1.807, 2.05) is 4.90 Å². The van der Waals surface area contributed by atoms with Crippen LogP contribution in [-0.4, -0.2) is 18.0 Å². The van der Waals surface area contributed by atoms with E-state index >= 15 is 0 Å². The molecule has 1 heterocycles. The minimum atomic E-state index is 0.659. The highest BCUT2D eigenvalue weighted by molar-refractivity contribution is 4.97. The van der Waals surface area contributed by atoms with E-state index in [1.165, 1.54) is 32.1 Å². The second-order valence-electron chi connectivity index (χ2n) is 5.31. The van der Waals surface area contributed by atoms with Crippen LogP contribution < -0.4 is 0 Å². The van der Waals surface area contributed by atoms with Crippen molar-refractivity contribution in [2.75, 3.05) is 13.1 Å². The maximum atomic E-state index is 8.68. The van der Waals surface area contributed by atoms with E-state index in [0.717, 1.165) is 19.0 Å². The number of hydrogen-bond acceptors (Lipinski definition) is 2. The lowest BCUT2D eigenvalue weighted by Crippen LogP contribution is -2.45. The van der Waals surface area contributed by atoms with Gasteiger partial charge in [0.05, 0.1) is 0 Å². The highest BCUT2D eigenvalue weighted by Crippen LogP contribution is 2.52. The van der Waals surface area contributed by atoms with Crippen LogP contribution in [0.15, 0.2) is 0 Å². The average molecular weight is 208 g/mol. The Morgan fingerprint density at radius 1 is 1.27 bits per heavy atom. The Labute approximate surface area is 94.3 Å². The minimum Gasteiger partial charge on any atom is -0.311 e. The van der Waals surface area contributed by atoms with Crippen molar-refractivity contribution >= 4 is 0 Å². The first-order valence-electron chi connectivity index (χ1n) is 6.30. The van der Waals surface area contributed by atoms with Crippen LogP contribution in [-0.2, 0) is 0 Å². The predicted molar refractivity (Wildman–Crippen MR) is 63.2 cm³/mol. The molecular weight excluding hydrogens is 184 g/mol. The van der Waals surface area contributed by atoms with E-state index in [0.29, 0.717) is 5.41 Å². The summed E-state index contributed by atoms with van der Waals surface area (Å²) in [4.78, 5) is 1.90. The summed E-state index contributed by atoms with van der Waals surface area (Å²) in [7, 11) is 0. The highest BCUT2D eigenvalue weighted by Gasteiger charge is 2.43. The first-order valence-corrected chi connectivity index (χ1v) is 6.30. The third-order valence-electron chi connectivity index (χ3n) is 3.53. The van der Waals surface area contributed by atoms with Crippen molar-refractivity contribution in [3.8, 4) is 6.19 Å². The maximum Gasteiger partial charge on any atom is 0.179 e. The van der Waals surface area contributed by atoms with E-state index in [9.17, 15) is 0 Å². The second kappa shape index (κ2) is 5.39. The zero-order chi connectivity index (χ0) is 11.3. The van der Waals surface area contributed by atoms with Crippen LogP contribution in [0.5, 0.6) is 0 Å². The summed E-state index contributed by atoms with van der Waals surface area (Å²) >= 11 is 0. The first-order chi connectivity index (χ1) is 7.15. The molecular formula is C13H24N2.